The number of carbonyl (C=O) groups is 1. The molecule has 1 aliphatic rings. The van der Waals surface area contributed by atoms with Crippen molar-refractivity contribution in [3.63, 3.8) is 0 Å². The number of Topliss-reactive ketones (excluding diaryl/α,β-unsaturated/α-hetero) is 1. The normalized spacial score (nSPS) is 24.9. The van der Waals surface area contributed by atoms with Crippen LogP contribution in [0.1, 0.15) is 46.5 Å². The molecule has 0 radical (unpaired) electrons. The molecule has 0 aromatic carbocycles. The van der Waals surface area contributed by atoms with Crippen molar-refractivity contribution in [2.75, 3.05) is 6.61 Å². The van der Waals surface area contributed by atoms with Crippen LogP contribution in [-0.4, -0.2) is 29.7 Å². The topological polar surface area (TPSA) is 46.5 Å². The molecule has 1 rings (SSSR count). The van der Waals surface area contributed by atoms with Crippen LogP contribution in [0.15, 0.2) is 0 Å². The molecule has 0 aliphatic carbocycles. The zero-order valence-corrected chi connectivity index (χ0v) is 9.95. The van der Waals surface area contributed by atoms with Crippen molar-refractivity contribution in [3.8, 4) is 0 Å². The Morgan fingerprint density at radius 2 is 2.13 bits per heavy atom. The van der Waals surface area contributed by atoms with Crippen LogP contribution in [0.5, 0.6) is 0 Å². The van der Waals surface area contributed by atoms with E-state index in [4.69, 9.17) is 4.74 Å². The Bertz CT molecular complexity index is 211. The van der Waals surface area contributed by atoms with Gasteiger partial charge in [-0.1, -0.05) is 20.8 Å². The van der Waals surface area contributed by atoms with Gasteiger partial charge >= 0.3 is 0 Å². The summed E-state index contributed by atoms with van der Waals surface area (Å²) in [5.41, 5.74) is -0.365. The van der Waals surface area contributed by atoms with Crippen LogP contribution in [0, 0.1) is 5.41 Å². The van der Waals surface area contributed by atoms with Crippen molar-refractivity contribution in [2.24, 2.45) is 5.41 Å². The highest BCUT2D eigenvalue weighted by Gasteiger charge is 2.29. The number of rotatable bonds is 3. The van der Waals surface area contributed by atoms with Crippen molar-refractivity contribution in [3.05, 3.63) is 0 Å². The maximum Gasteiger partial charge on any atom is 0.140 e. The second-order valence-electron chi connectivity index (χ2n) is 5.35. The summed E-state index contributed by atoms with van der Waals surface area (Å²) in [7, 11) is 0. The maximum atomic E-state index is 11.7. The van der Waals surface area contributed by atoms with E-state index in [-0.39, 0.29) is 23.7 Å². The molecule has 2 atom stereocenters. The molecule has 2 unspecified atom stereocenters. The minimum absolute atomic E-state index is 0.101. The minimum atomic E-state index is -0.628. The third-order valence-corrected chi connectivity index (χ3v) is 2.88. The van der Waals surface area contributed by atoms with E-state index in [0.717, 1.165) is 19.3 Å². The maximum absolute atomic E-state index is 11.7. The van der Waals surface area contributed by atoms with E-state index in [1.54, 1.807) is 0 Å². The van der Waals surface area contributed by atoms with Crippen molar-refractivity contribution in [2.45, 2.75) is 58.7 Å². The van der Waals surface area contributed by atoms with E-state index in [2.05, 4.69) is 0 Å². The fourth-order valence-electron chi connectivity index (χ4n) is 1.70. The molecule has 0 aromatic heterocycles. The molecular weight excluding hydrogens is 192 g/mol. The Kier molecular flexibility index (Phi) is 4.29. The van der Waals surface area contributed by atoms with Gasteiger partial charge in [0.25, 0.3) is 0 Å². The molecule has 1 heterocycles. The first-order valence-electron chi connectivity index (χ1n) is 5.74. The first-order valence-corrected chi connectivity index (χ1v) is 5.74. The largest absolute Gasteiger partial charge is 0.390 e. The van der Waals surface area contributed by atoms with Gasteiger partial charge in [-0.25, -0.2) is 0 Å². The van der Waals surface area contributed by atoms with Crippen molar-refractivity contribution in [1.82, 2.24) is 0 Å². The van der Waals surface area contributed by atoms with Gasteiger partial charge in [0.2, 0.25) is 0 Å². The first-order chi connectivity index (χ1) is 6.91. The van der Waals surface area contributed by atoms with Crippen LogP contribution in [0.2, 0.25) is 0 Å². The monoisotopic (exact) mass is 214 g/mol. The molecule has 88 valence electrons. The van der Waals surface area contributed by atoms with Gasteiger partial charge in [0, 0.05) is 18.4 Å². The Morgan fingerprint density at radius 3 is 2.60 bits per heavy atom. The Labute approximate surface area is 91.8 Å². The highest BCUT2D eigenvalue weighted by atomic mass is 16.5. The van der Waals surface area contributed by atoms with E-state index in [0.29, 0.717) is 6.61 Å². The smallest absolute Gasteiger partial charge is 0.140 e. The molecule has 0 saturated carbocycles. The van der Waals surface area contributed by atoms with E-state index in [1.807, 2.05) is 20.8 Å². The third kappa shape index (κ3) is 3.92. The zero-order valence-electron chi connectivity index (χ0n) is 9.95. The Hall–Kier alpha value is -0.410. The number of aliphatic hydroxyl groups excluding tert-OH is 1. The summed E-state index contributed by atoms with van der Waals surface area (Å²) in [5.74, 6) is 0.101. The van der Waals surface area contributed by atoms with Gasteiger partial charge in [0.05, 0.1) is 12.2 Å². The van der Waals surface area contributed by atoms with Crippen molar-refractivity contribution in [1.29, 1.82) is 0 Å². The fraction of sp³-hybridized carbons (Fsp3) is 0.917. The van der Waals surface area contributed by atoms with Gasteiger partial charge in [-0.15, -0.1) is 0 Å². The minimum Gasteiger partial charge on any atom is -0.390 e. The van der Waals surface area contributed by atoms with Crippen LogP contribution in [0.4, 0.5) is 0 Å². The van der Waals surface area contributed by atoms with Crippen molar-refractivity contribution >= 4 is 5.78 Å². The summed E-state index contributed by atoms with van der Waals surface area (Å²) in [6, 6.07) is 0. The number of hydrogen-bond acceptors (Lipinski definition) is 3. The fourth-order valence-corrected chi connectivity index (χ4v) is 1.70. The second-order valence-corrected chi connectivity index (χ2v) is 5.35. The predicted octanol–water partition coefficient (Wildman–Crippen LogP) is 1.92. The average Bonchev–Trinajstić information content (AvgIpc) is 2.17. The van der Waals surface area contributed by atoms with Crippen molar-refractivity contribution < 1.29 is 14.6 Å². The number of aliphatic hydroxyl groups is 1. The van der Waals surface area contributed by atoms with Gasteiger partial charge in [0.1, 0.15) is 5.78 Å². The summed E-state index contributed by atoms with van der Waals surface area (Å²) >= 11 is 0. The lowest BCUT2D eigenvalue weighted by molar-refractivity contribution is -0.132. The molecule has 1 aliphatic heterocycles. The quantitative estimate of drug-likeness (QED) is 0.780. The molecule has 1 fully saturated rings. The third-order valence-electron chi connectivity index (χ3n) is 2.88. The van der Waals surface area contributed by atoms with Crippen LogP contribution in [0.25, 0.3) is 0 Å². The average molecular weight is 214 g/mol. The molecule has 3 nitrogen and oxygen atoms in total. The molecule has 3 heteroatoms. The van der Waals surface area contributed by atoms with E-state index in [1.165, 1.54) is 0 Å². The Morgan fingerprint density at radius 1 is 1.47 bits per heavy atom. The molecule has 1 saturated heterocycles. The van der Waals surface area contributed by atoms with E-state index >= 15 is 0 Å². The predicted molar refractivity (Wildman–Crippen MR) is 58.7 cm³/mol. The summed E-state index contributed by atoms with van der Waals surface area (Å²) in [6.07, 6.45) is 2.48. The van der Waals surface area contributed by atoms with E-state index in [9.17, 15) is 9.90 Å². The lowest BCUT2D eigenvalue weighted by Crippen LogP contribution is -2.36. The molecule has 0 spiro atoms. The number of carbonyl (C=O) groups excluding carboxylic acids is 1. The summed E-state index contributed by atoms with van der Waals surface area (Å²) in [5, 5.41) is 9.86. The highest BCUT2D eigenvalue weighted by Crippen LogP contribution is 2.22. The van der Waals surface area contributed by atoms with Gasteiger partial charge in [-0.05, 0) is 19.3 Å². The molecule has 15 heavy (non-hydrogen) atoms. The Balaban J connectivity index is 2.40. The van der Waals surface area contributed by atoms with Crippen LogP contribution < -0.4 is 0 Å². The van der Waals surface area contributed by atoms with Crippen LogP contribution in [0.3, 0.4) is 0 Å². The van der Waals surface area contributed by atoms with Gasteiger partial charge < -0.3 is 9.84 Å². The van der Waals surface area contributed by atoms with Crippen LogP contribution >= 0.6 is 0 Å². The standard InChI is InChI=1S/C12H22O3/c1-12(2,3)11(14)8-9(13)10-6-4-5-7-15-10/h9-10,13H,4-8H2,1-3H3. The SMILES string of the molecule is CC(C)(C)C(=O)CC(O)C1CCCCO1. The number of hydrogen-bond donors (Lipinski definition) is 1. The number of ether oxygens (including phenoxy) is 1. The molecule has 0 aromatic rings. The van der Waals surface area contributed by atoms with Gasteiger partial charge in [0.15, 0.2) is 0 Å². The summed E-state index contributed by atoms with van der Waals surface area (Å²) < 4.78 is 5.45. The second kappa shape index (κ2) is 5.08. The molecular formula is C12H22O3. The van der Waals surface area contributed by atoms with Crippen LogP contribution in [-0.2, 0) is 9.53 Å². The zero-order chi connectivity index (χ0) is 11.5. The molecule has 0 bridgehead atoms. The first kappa shape index (κ1) is 12.7. The van der Waals surface area contributed by atoms with Gasteiger partial charge in [-0.3, -0.25) is 4.79 Å². The molecule has 1 N–H and O–H groups in total. The summed E-state index contributed by atoms with van der Waals surface area (Å²) in [4.78, 5) is 11.7. The number of ketones is 1. The van der Waals surface area contributed by atoms with E-state index < -0.39 is 6.10 Å². The molecule has 0 amide bonds. The van der Waals surface area contributed by atoms with Gasteiger partial charge in [-0.2, -0.15) is 0 Å². The summed E-state index contributed by atoms with van der Waals surface area (Å²) in [6.45, 7) is 6.35. The highest BCUT2D eigenvalue weighted by molar-refractivity contribution is 5.84. The lowest BCUT2D eigenvalue weighted by atomic mass is 9.86. The lowest BCUT2D eigenvalue weighted by Gasteiger charge is -2.28.